The molecule has 0 radical (unpaired) electrons. The molecule has 1 aromatic rings. The number of rotatable bonds is 3. The zero-order chi connectivity index (χ0) is 15.4. The first-order valence-electron chi connectivity index (χ1n) is 7.97. The lowest BCUT2D eigenvalue weighted by Gasteiger charge is -2.41. The van der Waals surface area contributed by atoms with Gasteiger partial charge in [-0.05, 0) is 60.6 Å². The first-order chi connectivity index (χ1) is 9.75. The van der Waals surface area contributed by atoms with Crippen molar-refractivity contribution >= 4 is 31.9 Å². The average Bonchev–Trinajstić information content (AvgIpc) is 2.71. The monoisotopic (exact) mass is 413 g/mol. The zero-order valence-corrected chi connectivity index (χ0v) is 16.5. The molecule has 3 heteroatoms. The van der Waals surface area contributed by atoms with E-state index in [1.807, 2.05) is 0 Å². The van der Waals surface area contributed by atoms with Gasteiger partial charge in [-0.15, -0.1) is 0 Å². The highest BCUT2D eigenvalue weighted by molar-refractivity contribution is 9.11. The van der Waals surface area contributed by atoms with Crippen LogP contribution in [-0.4, -0.2) is 6.04 Å². The predicted molar refractivity (Wildman–Crippen MR) is 96.4 cm³/mol. The summed E-state index contributed by atoms with van der Waals surface area (Å²) in [5, 5.41) is 3.94. The topological polar surface area (TPSA) is 12.0 Å². The molecule has 2 bridgehead atoms. The van der Waals surface area contributed by atoms with Crippen molar-refractivity contribution < 1.29 is 0 Å². The Morgan fingerprint density at radius 2 is 1.95 bits per heavy atom. The maximum absolute atomic E-state index is 3.94. The van der Waals surface area contributed by atoms with Gasteiger partial charge in [0, 0.05) is 21.0 Å². The van der Waals surface area contributed by atoms with Crippen LogP contribution in [0.15, 0.2) is 27.1 Å². The summed E-state index contributed by atoms with van der Waals surface area (Å²) in [4.78, 5) is 0. The summed E-state index contributed by atoms with van der Waals surface area (Å²) in [6.45, 7) is 9.75. The van der Waals surface area contributed by atoms with Gasteiger partial charge >= 0.3 is 0 Å². The average molecular weight is 415 g/mol. The van der Waals surface area contributed by atoms with E-state index in [1.165, 1.54) is 29.3 Å². The van der Waals surface area contributed by atoms with E-state index < -0.39 is 0 Å². The molecule has 0 aliphatic heterocycles. The first-order valence-corrected chi connectivity index (χ1v) is 9.55. The molecular weight excluding hydrogens is 390 g/mol. The Morgan fingerprint density at radius 1 is 1.24 bits per heavy atom. The van der Waals surface area contributed by atoms with Crippen molar-refractivity contribution in [2.24, 2.45) is 16.7 Å². The van der Waals surface area contributed by atoms with Crippen LogP contribution in [0.4, 0.5) is 0 Å². The highest BCUT2D eigenvalue weighted by atomic mass is 79.9. The van der Waals surface area contributed by atoms with Gasteiger partial charge in [0.05, 0.1) is 0 Å². The van der Waals surface area contributed by atoms with Crippen molar-refractivity contribution in [3.8, 4) is 0 Å². The summed E-state index contributed by atoms with van der Waals surface area (Å²) in [6.07, 6.45) is 4.12. The van der Waals surface area contributed by atoms with Crippen LogP contribution in [0.1, 0.15) is 58.6 Å². The number of hydrogen-bond acceptors (Lipinski definition) is 1. The second-order valence-electron chi connectivity index (χ2n) is 7.72. The van der Waals surface area contributed by atoms with E-state index in [9.17, 15) is 0 Å². The van der Waals surface area contributed by atoms with Crippen molar-refractivity contribution in [3.05, 3.63) is 32.7 Å². The Balaban J connectivity index is 1.79. The van der Waals surface area contributed by atoms with Gasteiger partial charge in [-0.3, -0.25) is 0 Å². The van der Waals surface area contributed by atoms with Crippen LogP contribution in [0.25, 0.3) is 0 Å². The van der Waals surface area contributed by atoms with Gasteiger partial charge in [-0.2, -0.15) is 0 Å². The molecule has 1 nitrogen and oxygen atoms in total. The highest BCUT2D eigenvalue weighted by Gasteiger charge is 2.61. The minimum absolute atomic E-state index is 0.379. The van der Waals surface area contributed by atoms with Crippen LogP contribution in [0.2, 0.25) is 0 Å². The molecule has 116 valence electrons. The molecule has 2 aliphatic rings. The van der Waals surface area contributed by atoms with Crippen molar-refractivity contribution in [3.63, 3.8) is 0 Å². The second-order valence-corrected chi connectivity index (χ2v) is 9.49. The lowest BCUT2D eigenvalue weighted by molar-refractivity contribution is 0.116. The van der Waals surface area contributed by atoms with Crippen molar-refractivity contribution in [2.45, 2.75) is 59.0 Å². The quantitative estimate of drug-likeness (QED) is 0.631. The molecule has 0 heterocycles. The maximum Gasteiger partial charge on any atom is 0.0305 e. The number of benzene rings is 1. The normalized spacial score (nSPS) is 35.1. The Hall–Kier alpha value is 0.140. The number of nitrogens with one attached hydrogen (secondary N) is 1. The molecule has 1 N–H and O–H groups in total. The fourth-order valence-electron chi connectivity index (χ4n) is 4.70. The summed E-state index contributed by atoms with van der Waals surface area (Å²) in [7, 11) is 0. The second kappa shape index (κ2) is 5.35. The summed E-state index contributed by atoms with van der Waals surface area (Å²) in [5.41, 5.74) is 2.26. The third-order valence-electron chi connectivity index (χ3n) is 6.67. The standard InChI is InChI=1S/C18H25Br2N/c1-11(14-6-5-13(19)10-15(14)20)21-16-9-12-7-8-18(16,4)17(12,2)3/h5-6,10-12,16,21H,7-9H2,1-4H3. The largest absolute Gasteiger partial charge is 0.307 e. The molecule has 2 saturated carbocycles. The van der Waals surface area contributed by atoms with Crippen molar-refractivity contribution in [1.82, 2.24) is 5.32 Å². The third-order valence-corrected chi connectivity index (χ3v) is 7.85. The summed E-state index contributed by atoms with van der Waals surface area (Å²) >= 11 is 7.24. The van der Waals surface area contributed by atoms with E-state index in [0.717, 1.165) is 10.4 Å². The van der Waals surface area contributed by atoms with Gasteiger partial charge in [0.15, 0.2) is 0 Å². The maximum atomic E-state index is 3.94. The smallest absolute Gasteiger partial charge is 0.0305 e. The van der Waals surface area contributed by atoms with E-state index in [1.54, 1.807) is 0 Å². The Morgan fingerprint density at radius 3 is 2.48 bits per heavy atom. The van der Waals surface area contributed by atoms with Gasteiger partial charge in [-0.25, -0.2) is 0 Å². The summed E-state index contributed by atoms with van der Waals surface area (Å²) in [6, 6.07) is 7.50. The van der Waals surface area contributed by atoms with Crippen LogP contribution in [0, 0.1) is 16.7 Å². The predicted octanol–water partition coefficient (Wildman–Crippen LogP) is 6.08. The van der Waals surface area contributed by atoms with Gasteiger partial charge in [-0.1, -0.05) is 58.7 Å². The first kappa shape index (κ1) is 16.0. The van der Waals surface area contributed by atoms with E-state index in [4.69, 9.17) is 0 Å². The number of fused-ring (bicyclic) bond motifs is 2. The Labute approximate surface area is 145 Å². The van der Waals surface area contributed by atoms with Gasteiger partial charge in [0.2, 0.25) is 0 Å². The molecule has 3 rings (SSSR count). The van der Waals surface area contributed by atoms with E-state index in [-0.39, 0.29) is 0 Å². The summed E-state index contributed by atoms with van der Waals surface area (Å²) in [5.74, 6) is 0.889. The lowest BCUT2D eigenvalue weighted by Crippen LogP contribution is -2.45. The molecule has 0 saturated heterocycles. The van der Waals surface area contributed by atoms with Crippen LogP contribution in [0.3, 0.4) is 0 Å². The van der Waals surface area contributed by atoms with Crippen LogP contribution < -0.4 is 5.32 Å². The SMILES string of the molecule is CC(NC1CC2CCC1(C)C2(C)C)c1ccc(Br)cc1Br. The molecule has 0 spiro atoms. The minimum atomic E-state index is 0.379. The van der Waals surface area contributed by atoms with Crippen molar-refractivity contribution in [1.29, 1.82) is 0 Å². The van der Waals surface area contributed by atoms with Gasteiger partial charge < -0.3 is 5.32 Å². The fourth-order valence-corrected chi connectivity index (χ4v) is 6.09. The molecule has 2 fully saturated rings. The number of halogens is 2. The van der Waals surface area contributed by atoms with E-state index in [2.05, 4.69) is 83.1 Å². The summed E-state index contributed by atoms with van der Waals surface area (Å²) < 4.78 is 2.31. The number of hydrogen-bond donors (Lipinski definition) is 1. The molecular formula is C18H25Br2N. The van der Waals surface area contributed by atoms with Crippen LogP contribution in [0.5, 0.6) is 0 Å². The van der Waals surface area contributed by atoms with Crippen LogP contribution >= 0.6 is 31.9 Å². The zero-order valence-electron chi connectivity index (χ0n) is 13.3. The van der Waals surface area contributed by atoms with Crippen LogP contribution in [-0.2, 0) is 0 Å². The lowest BCUT2D eigenvalue weighted by atomic mass is 9.69. The molecule has 4 unspecified atom stereocenters. The Bertz CT molecular complexity index is 554. The van der Waals surface area contributed by atoms with Gasteiger partial charge in [0.25, 0.3) is 0 Å². The molecule has 0 amide bonds. The molecule has 4 atom stereocenters. The third kappa shape index (κ3) is 2.44. The molecule has 21 heavy (non-hydrogen) atoms. The van der Waals surface area contributed by atoms with Crippen molar-refractivity contribution in [2.75, 3.05) is 0 Å². The highest BCUT2D eigenvalue weighted by Crippen LogP contribution is 2.65. The molecule has 2 aliphatic carbocycles. The van der Waals surface area contributed by atoms with Gasteiger partial charge in [0.1, 0.15) is 0 Å². The minimum Gasteiger partial charge on any atom is -0.307 e. The van der Waals surface area contributed by atoms with E-state index >= 15 is 0 Å². The Kier molecular flexibility index (Phi) is 4.08. The molecule has 0 aromatic heterocycles. The van der Waals surface area contributed by atoms with E-state index in [0.29, 0.717) is 22.9 Å². The fraction of sp³-hybridized carbons (Fsp3) is 0.667. The molecule has 1 aromatic carbocycles.